The van der Waals surface area contributed by atoms with Crippen LogP contribution in [-0.2, 0) is 16.9 Å². The standard InChI is InChI=1S/C11H18BrN3O2S/c1-13-10(11-8(12)7-14-15(11)2)9-5-3-4-6-18(9,16)17/h7,9-10,13H,3-6H2,1-2H3. The molecule has 1 aromatic rings. The minimum Gasteiger partial charge on any atom is -0.311 e. The summed E-state index contributed by atoms with van der Waals surface area (Å²) in [4.78, 5) is 0. The molecule has 1 aliphatic heterocycles. The van der Waals surface area contributed by atoms with E-state index in [0.717, 1.165) is 23.0 Å². The van der Waals surface area contributed by atoms with E-state index in [1.807, 2.05) is 7.05 Å². The van der Waals surface area contributed by atoms with Gasteiger partial charge in [0.2, 0.25) is 0 Å². The molecule has 0 radical (unpaired) electrons. The third-order valence-electron chi connectivity index (χ3n) is 3.54. The molecule has 5 nitrogen and oxygen atoms in total. The summed E-state index contributed by atoms with van der Waals surface area (Å²) in [6, 6.07) is -0.211. The second-order valence-corrected chi connectivity index (χ2v) is 7.86. The van der Waals surface area contributed by atoms with E-state index >= 15 is 0 Å². The lowest BCUT2D eigenvalue weighted by Crippen LogP contribution is -2.40. The monoisotopic (exact) mass is 335 g/mol. The van der Waals surface area contributed by atoms with Gasteiger partial charge in [0.1, 0.15) is 0 Å². The number of halogens is 1. The van der Waals surface area contributed by atoms with Crippen LogP contribution in [0.4, 0.5) is 0 Å². The second-order valence-electron chi connectivity index (χ2n) is 4.67. The van der Waals surface area contributed by atoms with E-state index in [0.29, 0.717) is 12.2 Å². The summed E-state index contributed by atoms with van der Waals surface area (Å²) >= 11 is 3.44. The zero-order chi connectivity index (χ0) is 13.3. The van der Waals surface area contributed by atoms with Gasteiger partial charge in [0.15, 0.2) is 9.84 Å². The zero-order valence-electron chi connectivity index (χ0n) is 10.6. The number of nitrogens with one attached hydrogen (secondary N) is 1. The topological polar surface area (TPSA) is 64.0 Å². The Balaban J connectivity index is 2.40. The van der Waals surface area contributed by atoms with Gasteiger partial charge in [-0.3, -0.25) is 4.68 Å². The van der Waals surface area contributed by atoms with Crippen LogP contribution in [0.5, 0.6) is 0 Å². The molecule has 1 fully saturated rings. The summed E-state index contributed by atoms with van der Waals surface area (Å²) in [5, 5.41) is 6.95. The lowest BCUT2D eigenvalue weighted by Gasteiger charge is -2.30. The molecule has 102 valence electrons. The first kappa shape index (κ1) is 14.0. The number of aromatic nitrogens is 2. The van der Waals surface area contributed by atoms with Crippen LogP contribution < -0.4 is 5.32 Å². The van der Waals surface area contributed by atoms with E-state index < -0.39 is 9.84 Å². The molecule has 1 aromatic heterocycles. The molecule has 1 aliphatic rings. The van der Waals surface area contributed by atoms with Gasteiger partial charge >= 0.3 is 0 Å². The van der Waals surface area contributed by atoms with Crippen molar-refractivity contribution in [2.75, 3.05) is 12.8 Å². The molecule has 2 unspecified atom stereocenters. The fourth-order valence-corrected chi connectivity index (χ4v) is 5.33. The van der Waals surface area contributed by atoms with Gasteiger partial charge in [0, 0.05) is 7.05 Å². The maximum absolute atomic E-state index is 12.2. The van der Waals surface area contributed by atoms with Crippen molar-refractivity contribution >= 4 is 25.8 Å². The average Bonchev–Trinajstić information content (AvgIpc) is 2.63. The Morgan fingerprint density at radius 2 is 2.28 bits per heavy atom. The van der Waals surface area contributed by atoms with Crippen molar-refractivity contribution in [3.8, 4) is 0 Å². The summed E-state index contributed by atoms with van der Waals surface area (Å²) in [6.45, 7) is 0. The average molecular weight is 336 g/mol. The summed E-state index contributed by atoms with van der Waals surface area (Å²) in [7, 11) is 0.614. The van der Waals surface area contributed by atoms with E-state index in [-0.39, 0.29) is 11.3 Å². The van der Waals surface area contributed by atoms with Gasteiger partial charge in [-0.1, -0.05) is 6.42 Å². The Bertz CT molecular complexity index is 507. The fraction of sp³-hybridized carbons (Fsp3) is 0.727. The van der Waals surface area contributed by atoms with E-state index in [1.54, 1.807) is 17.9 Å². The smallest absolute Gasteiger partial charge is 0.155 e. The van der Waals surface area contributed by atoms with Crippen molar-refractivity contribution in [1.29, 1.82) is 0 Å². The first-order valence-electron chi connectivity index (χ1n) is 6.03. The highest BCUT2D eigenvalue weighted by Gasteiger charge is 2.37. The van der Waals surface area contributed by atoms with Crippen LogP contribution in [0.15, 0.2) is 10.7 Å². The van der Waals surface area contributed by atoms with Crippen molar-refractivity contribution in [1.82, 2.24) is 15.1 Å². The molecular weight excluding hydrogens is 318 g/mol. The van der Waals surface area contributed by atoms with Crippen LogP contribution >= 0.6 is 15.9 Å². The van der Waals surface area contributed by atoms with Crippen molar-refractivity contribution in [3.05, 3.63) is 16.4 Å². The lowest BCUT2D eigenvalue weighted by molar-refractivity contribution is 0.449. The SMILES string of the molecule is CNC(c1c(Br)cnn1C)C1CCCCS1(=O)=O. The van der Waals surface area contributed by atoms with Crippen molar-refractivity contribution in [2.24, 2.45) is 7.05 Å². The van der Waals surface area contributed by atoms with Gasteiger partial charge in [-0.25, -0.2) is 8.42 Å². The number of hydrogen-bond acceptors (Lipinski definition) is 4. The highest BCUT2D eigenvalue weighted by Crippen LogP contribution is 2.33. The zero-order valence-corrected chi connectivity index (χ0v) is 13.0. The molecule has 0 spiro atoms. The van der Waals surface area contributed by atoms with Crippen LogP contribution in [0.3, 0.4) is 0 Å². The first-order chi connectivity index (χ1) is 8.47. The summed E-state index contributed by atoms with van der Waals surface area (Å²) in [6.07, 6.45) is 4.17. The highest BCUT2D eigenvalue weighted by atomic mass is 79.9. The Morgan fingerprint density at radius 3 is 2.78 bits per heavy atom. The van der Waals surface area contributed by atoms with Crippen LogP contribution in [0.25, 0.3) is 0 Å². The number of sulfone groups is 1. The Kier molecular flexibility index (Phi) is 4.13. The molecular formula is C11H18BrN3O2S. The predicted octanol–water partition coefficient (Wildman–Crippen LogP) is 1.41. The summed E-state index contributed by atoms with van der Waals surface area (Å²) in [5.74, 6) is 0.297. The molecule has 0 amide bonds. The van der Waals surface area contributed by atoms with E-state index in [4.69, 9.17) is 0 Å². The molecule has 2 atom stereocenters. The van der Waals surface area contributed by atoms with Gasteiger partial charge in [-0.15, -0.1) is 0 Å². The summed E-state index contributed by atoms with van der Waals surface area (Å²) in [5.41, 5.74) is 0.896. The largest absolute Gasteiger partial charge is 0.311 e. The van der Waals surface area contributed by atoms with Crippen molar-refractivity contribution < 1.29 is 8.42 Å². The number of hydrogen-bond donors (Lipinski definition) is 1. The molecule has 2 rings (SSSR count). The Morgan fingerprint density at radius 1 is 1.56 bits per heavy atom. The lowest BCUT2D eigenvalue weighted by atomic mass is 10.0. The van der Waals surface area contributed by atoms with Crippen molar-refractivity contribution in [2.45, 2.75) is 30.6 Å². The maximum atomic E-state index is 12.2. The van der Waals surface area contributed by atoms with Gasteiger partial charge in [-0.2, -0.15) is 5.10 Å². The number of rotatable bonds is 3. The highest BCUT2D eigenvalue weighted by molar-refractivity contribution is 9.10. The van der Waals surface area contributed by atoms with Gasteiger partial charge < -0.3 is 5.32 Å². The minimum atomic E-state index is -3.02. The molecule has 18 heavy (non-hydrogen) atoms. The summed E-state index contributed by atoms with van der Waals surface area (Å²) < 4.78 is 27.0. The fourth-order valence-electron chi connectivity index (χ4n) is 2.62. The molecule has 2 heterocycles. The van der Waals surface area contributed by atoms with Gasteiger partial charge in [0.05, 0.1) is 33.4 Å². The second kappa shape index (κ2) is 5.30. The third-order valence-corrected chi connectivity index (χ3v) is 6.44. The predicted molar refractivity (Wildman–Crippen MR) is 74.1 cm³/mol. The van der Waals surface area contributed by atoms with Crippen LogP contribution in [0.2, 0.25) is 0 Å². The molecule has 0 saturated carbocycles. The van der Waals surface area contributed by atoms with Crippen LogP contribution in [0.1, 0.15) is 31.0 Å². The number of nitrogens with zero attached hydrogens (tertiary/aromatic N) is 2. The number of aryl methyl sites for hydroxylation is 1. The maximum Gasteiger partial charge on any atom is 0.155 e. The van der Waals surface area contributed by atoms with Crippen LogP contribution in [-0.4, -0.2) is 36.2 Å². The van der Waals surface area contributed by atoms with E-state index in [1.165, 1.54) is 0 Å². The van der Waals surface area contributed by atoms with E-state index in [2.05, 4.69) is 26.3 Å². The molecule has 7 heteroatoms. The van der Waals surface area contributed by atoms with Gasteiger partial charge in [-0.05, 0) is 35.8 Å². The molecule has 0 aliphatic carbocycles. The third kappa shape index (κ3) is 2.48. The van der Waals surface area contributed by atoms with Gasteiger partial charge in [0.25, 0.3) is 0 Å². The molecule has 1 N–H and O–H groups in total. The van der Waals surface area contributed by atoms with Crippen LogP contribution in [0, 0.1) is 0 Å². The van der Waals surface area contributed by atoms with E-state index in [9.17, 15) is 8.42 Å². The quantitative estimate of drug-likeness (QED) is 0.907. The Labute approximate surface area is 116 Å². The molecule has 1 saturated heterocycles. The molecule has 0 aromatic carbocycles. The minimum absolute atomic E-state index is 0.211. The van der Waals surface area contributed by atoms with Crippen molar-refractivity contribution in [3.63, 3.8) is 0 Å². The first-order valence-corrected chi connectivity index (χ1v) is 8.54. The molecule has 0 bridgehead atoms. The normalized spacial score (nSPS) is 24.9. The Hall–Kier alpha value is -0.400.